The van der Waals surface area contributed by atoms with Gasteiger partial charge in [0.15, 0.2) is 0 Å². The van der Waals surface area contributed by atoms with E-state index in [1.807, 2.05) is 0 Å². The maximum absolute atomic E-state index is 4.89. The second kappa shape index (κ2) is 9.87. The molecule has 42 heavy (non-hydrogen) atoms. The first-order valence-electron chi connectivity index (χ1n) is 14.4. The standard InChI is InChI=1S/C40H28N2/c1-27-41-36-20-10-12-22-38(36)42(27)37-21-11-9-19-35(37)40-33-17-7-5-15-31(33)39(32-16-6-8-18-34(32)40)30-25-23-29(24-26-30)28-13-3-2-4-14-28/h2-26H,1H3. The largest absolute Gasteiger partial charge is 0.296 e. The molecule has 0 aliphatic carbocycles. The summed E-state index contributed by atoms with van der Waals surface area (Å²) in [6.45, 7) is 2.09. The smallest absolute Gasteiger partial charge is 0.111 e. The van der Waals surface area contributed by atoms with Crippen molar-refractivity contribution in [2.75, 3.05) is 0 Å². The van der Waals surface area contributed by atoms with E-state index >= 15 is 0 Å². The Morgan fingerprint density at radius 3 is 1.62 bits per heavy atom. The SMILES string of the molecule is Cc1nc2ccccc2n1-c1ccccc1-c1c2ccccc2c(-c2ccc(-c3ccccc3)cc2)c2ccccc12. The van der Waals surface area contributed by atoms with E-state index in [-0.39, 0.29) is 0 Å². The summed E-state index contributed by atoms with van der Waals surface area (Å²) in [5, 5.41) is 4.99. The van der Waals surface area contributed by atoms with Crippen molar-refractivity contribution < 1.29 is 0 Å². The predicted octanol–water partition coefficient (Wildman–Crippen LogP) is 10.6. The minimum Gasteiger partial charge on any atom is -0.296 e. The fraction of sp³-hybridized carbons (Fsp3) is 0.0250. The molecule has 0 radical (unpaired) electrons. The minimum atomic E-state index is 0.979. The molecule has 0 fully saturated rings. The van der Waals surface area contributed by atoms with Crippen molar-refractivity contribution in [1.29, 1.82) is 0 Å². The number of fused-ring (bicyclic) bond motifs is 3. The fourth-order valence-electron chi connectivity index (χ4n) is 6.52. The summed E-state index contributed by atoms with van der Waals surface area (Å²) in [6.07, 6.45) is 0. The van der Waals surface area contributed by atoms with Crippen LogP contribution < -0.4 is 0 Å². The third kappa shape index (κ3) is 3.84. The van der Waals surface area contributed by atoms with Gasteiger partial charge in [-0.15, -0.1) is 0 Å². The van der Waals surface area contributed by atoms with Crippen molar-refractivity contribution in [3.05, 3.63) is 157 Å². The third-order valence-electron chi connectivity index (χ3n) is 8.35. The lowest BCUT2D eigenvalue weighted by molar-refractivity contribution is 1.00. The van der Waals surface area contributed by atoms with E-state index in [2.05, 4.69) is 163 Å². The molecule has 0 bridgehead atoms. The molecule has 0 atom stereocenters. The average molecular weight is 537 g/mol. The Morgan fingerprint density at radius 2 is 0.929 bits per heavy atom. The molecule has 0 spiro atoms. The molecule has 0 saturated carbocycles. The van der Waals surface area contributed by atoms with Gasteiger partial charge >= 0.3 is 0 Å². The summed E-state index contributed by atoms with van der Waals surface area (Å²) >= 11 is 0. The van der Waals surface area contributed by atoms with E-state index in [0.717, 1.165) is 22.5 Å². The first-order chi connectivity index (χ1) is 20.8. The van der Waals surface area contributed by atoms with Gasteiger partial charge in [-0.05, 0) is 74.5 Å². The van der Waals surface area contributed by atoms with E-state index in [1.54, 1.807) is 0 Å². The van der Waals surface area contributed by atoms with Gasteiger partial charge in [-0.3, -0.25) is 4.57 Å². The Kier molecular flexibility index (Phi) is 5.72. The molecule has 7 aromatic carbocycles. The van der Waals surface area contributed by atoms with Gasteiger partial charge in [-0.2, -0.15) is 0 Å². The molecular formula is C40H28N2. The average Bonchev–Trinajstić information content (AvgIpc) is 3.39. The number of benzene rings is 7. The number of aromatic nitrogens is 2. The highest BCUT2D eigenvalue weighted by molar-refractivity contribution is 6.22. The van der Waals surface area contributed by atoms with Crippen molar-refractivity contribution in [2.45, 2.75) is 6.92 Å². The monoisotopic (exact) mass is 536 g/mol. The zero-order chi connectivity index (χ0) is 28.0. The van der Waals surface area contributed by atoms with Crippen molar-refractivity contribution in [3.8, 4) is 39.1 Å². The number of nitrogens with zero attached hydrogens (tertiary/aromatic N) is 2. The summed E-state index contributed by atoms with van der Waals surface area (Å²) in [5.41, 5.74) is 10.7. The number of hydrogen-bond acceptors (Lipinski definition) is 1. The maximum Gasteiger partial charge on any atom is 0.111 e. The molecule has 1 aromatic heterocycles. The number of hydrogen-bond donors (Lipinski definition) is 0. The molecule has 8 aromatic rings. The zero-order valence-corrected chi connectivity index (χ0v) is 23.3. The second-order valence-electron chi connectivity index (χ2n) is 10.8. The van der Waals surface area contributed by atoms with Gasteiger partial charge in [0.25, 0.3) is 0 Å². The molecule has 0 aliphatic rings. The fourth-order valence-corrected chi connectivity index (χ4v) is 6.52. The molecule has 0 N–H and O–H groups in total. The van der Waals surface area contributed by atoms with Gasteiger partial charge in [-0.25, -0.2) is 4.98 Å². The highest BCUT2D eigenvalue weighted by atomic mass is 15.1. The summed E-state index contributed by atoms with van der Waals surface area (Å²) in [6, 6.07) is 54.4. The van der Waals surface area contributed by atoms with E-state index in [0.29, 0.717) is 0 Å². The van der Waals surface area contributed by atoms with Gasteiger partial charge in [-0.1, -0.05) is 133 Å². The van der Waals surface area contributed by atoms with Gasteiger partial charge < -0.3 is 0 Å². The Bertz CT molecular complexity index is 2180. The Balaban J connectivity index is 1.41. The topological polar surface area (TPSA) is 17.8 Å². The van der Waals surface area contributed by atoms with Crippen LogP contribution in [-0.4, -0.2) is 9.55 Å². The minimum absolute atomic E-state index is 0.979. The van der Waals surface area contributed by atoms with Gasteiger partial charge in [0.2, 0.25) is 0 Å². The van der Waals surface area contributed by atoms with Gasteiger partial charge in [0.05, 0.1) is 16.7 Å². The van der Waals surface area contributed by atoms with Gasteiger partial charge in [0, 0.05) is 5.56 Å². The van der Waals surface area contributed by atoms with Crippen LogP contribution in [0.4, 0.5) is 0 Å². The van der Waals surface area contributed by atoms with Crippen LogP contribution in [-0.2, 0) is 0 Å². The van der Waals surface area contributed by atoms with E-state index in [1.165, 1.54) is 54.9 Å². The molecule has 198 valence electrons. The van der Waals surface area contributed by atoms with Gasteiger partial charge in [0.1, 0.15) is 5.82 Å². The molecule has 0 aliphatic heterocycles. The normalized spacial score (nSPS) is 11.5. The first kappa shape index (κ1) is 24.3. The van der Waals surface area contributed by atoms with Crippen LogP contribution in [0, 0.1) is 6.92 Å². The van der Waals surface area contributed by atoms with Crippen LogP contribution in [0.1, 0.15) is 5.82 Å². The molecule has 0 saturated heterocycles. The molecule has 0 unspecified atom stereocenters. The van der Waals surface area contributed by atoms with E-state index in [9.17, 15) is 0 Å². The second-order valence-corrected chi connectivity index (χ2v) is 10.8. The summed E-state index contributed by atoms with van der Waals surface area (Å²) in [7, 11) is 0. The highest BCUT2D eigenvalue weighted by Gasteiger charge is 2.20. The Morgan fingerprint density at radius 1 is 0.429 bits per heavy atom. The van der Waals surface area contributed by atoms with Crippen molar-refractivity contribution in [3.63, 3.8) is 0 Å². The third-order valence-corrected chi connectivity index (χ3v) is 8.35. The van der Waals surface area contributed by atoms with Crippen LogP contribution in [0.3, 0.4) is 0 Å². The van der Waals surface area contributed by atoms with Crippen LogP contribution in [0.5, 0.6) is 0 Å². The lowest BCUT2D eigenvalue weighted by atomic mass is 9.85. The van der Waals surface area contributed by atoms with Crippen LogP contribution in [0.15, 0.2) is 152 Å². The predicted molar refractivity (Wildman–Crippen MR) is 177 cm³/mol. The molecule has 8 rings (SSSR count). The van der Waals surface area contributed by atoms with Crippen LogP contribution in [0.25, 0.3) is 71.6 Å². The molecule has 2 heteroatoms. The summed E-state index contributed by atoms with van der Waals surface area (Å²) < 4.78 is 2.30. The summed E-state index contributed by atoms with van der Waals surface area (Å²) in [4.78, 5) is 4.89. The number of imidazole rings is 1. The Hall–Kier alpha value is -5.47. The van der Waals surface area contributed by atoms with Crippen LogP contribution in [0.2, 0.25) is 0 Å². The lowest BCUT2D eigenvalue weighted by Crippen LogP contribution is -2.00. The molecule has 2 nitrogen and oxygen atoms in total. The lowest BCUT2D eigenvalue weighted by Gasteiger charge is -2.20. The zero-order valence-electron chi connectivity index (χ0n) is 23.3. The molecular weight excluding hydrogens is 508 g/mol. The number of aryl methyl sites for hydroxylation is 1. The summed E-state index contributed by atoms with van der Waals surface area (Å²) in [5.74, 6) is 0.979. The quantitative estimate of drug-likeness (QED) is 0.205. The first-order valence-corrected chi connectivity index (χ1v) is 14.4. The van der Waals surface area contributed by atoms with E-state index < -0.39 is 0 Å². The van der Waals surface area contributed by atoms with Crippen molar-refractivity contribution >= 4 is 32.6 Å². The molecule has 1 heterocycles. The Labute approximate surface area is 245 Å². The van der Waals surface area contributed by atoms with E-state index in [4.69, 9.17) is 4.98 Å². The molecule has 0 amide bonds. The number of rotatable bonds is 4. The maximum atomic E-state index is 4.89. The number of para-hydroxylation sites is 3. The van der Waals surface area contributed by atoms with Crippen molar-refractivity contribution in [1.82, 2.24) is 9.55 Å². The van der Waals surface area contributed by atoms with Crippen molar-refractivity contribution in [2.24, 2.45) is 0 Å². The highest BCUT2D eigenvalue weighted by Crippen LogP contribution is 2.45. The van der Waals surface area contributed by atoms with Crippen LogP contribution >= 0.6 is 0 Å².